The minimum absolute atomic E-state index is 0. The van der Waals surface area contributed by atoms with Crippen LogP contribution in [0.4, 0.5) is 0 Å². The predicted molar refractivity (Wildman–Crippen MR) is 42.3 cm³/mol. The van der Waals surface area contributed by atoms with Crippen molar-refractivity contribution in [3.05, 3.63) is 7.43 Å². The third-order valence-electron chi connectivity index (χ3n) is 2.56. The number of hydrogen-bond acceptors (Lipinski definition) is 4. The molecule has 0 radical (unpaired) electrons. The fraction of sp³-hybridized carbons (Fsp3) is 0.875. The zero-order chi connectivity index (χ0) is 8.97. The van der Waals surface area contributed by atoms with E-state index in [0.29, 0.717) is 0 Å². The van der Waals surface area contributed by atoms with Crippen LogP contribution in [0.5, 0.6) is 0 Å². The van der Waals surface area contributed by atoms with Crippen molar-refractivity contribution in [1.82, 2.24) is 4.90 Å². The van der Waals surface area contributed by atoms with Crippen molar-refractivity contribution in [2.45, 2.75) is 19.3 Å². The summed E-state index contributed by atoms with van der Waals surface area (Å²) in [5.74, 6) is 1.11. The van der Waals surface area contributed by atoms with E-state index in [1.807, 2.05) is 0 Å². The summed E-state index contributed by atoms with van der Waals surface area (Å²) in [7, 11) is 0. The number of fused-ring (bicyclic) bond motifs is 3. The molecule has 0 unspecified atom stereocenters. The van der Waals surface area contributed by atoms with Gasteiger partial charge in [0.05, 0.1) is 0 Å². The van der Waals surface area contributed by atoms with Crippen LogP contribution in [-0.2, 0) is 27.0 Å². The maximum atomic E-state index is 8.60. The Morgan fingerprint density at radius 3 is 1.31 bits per heavy atom. The van der Waals surface area contributed by atoms with Gasteiger partial charge in [0.2, 0.25) is 0 Å². The number of hydrogen-bond donors (Lipinski definition) is 0. The first-order valence-electron chi connectivity index (χ1n) is 4.14. The molecular formula is C8H16NO3Re-. The van der Waals surface area contributed by atoms with Gasteiger partial charge in [-0.1, -0.05) is 0 Å². The molecule has 0 aromatic carbocycles. The van der Waals surface area contributed by atoms with Gasteiger partial charge in [0.25, 0.3) is 0 Å². The van der Waals surface area contributed by atoms with Crippen LogP contribution in [0, 0.1) is 13.3 Å². The van der Waals surface area contributed by atoms with Crippen molar-refractivity contribution in [2.24, 2.45) is 5.92 Å². The summed E-state index contributed by atoms with van der Waals surface area (Å²) >= 11 is -4.21. The van der Waals surface area contributed by atoms with Gasteiger partial charge in [0.1, 0.15) is 0 Å². The molecule has 3 rings (SSSR count). The third kappa shape index (κ3) is 5.35. The average Bonchev–Trinajstić information content (AvgIpc) is 2.07. The molecule has 0 amide bonds. The quantitative estimate of drug-likeness (QED) is 0.609. The fourth-order valence-electron chi connectivity index (χ4n) is 1.86. The minimum atomic E-state index is -4.21. The molecule has 0 saturated carbocycles. The van der Waals surface area contributed by atoms with Gasteiger partial charge in [-0.25, -0.2) is 0 Å². The van der Waals surface area contributed by atoms with Gasteiger partial charge in [-0.15, -0.1) is 0 Å². The van der Waals surface area contributed by atoms with E-state index < -0.39 is 16.6 Å². The van der Waals surface area contributed by atoms with E-state index >= 15 is 0 Å². The maximum absolute atomic E-state index is 8.60. The second-order valence-corrected chi connectivity index (χ2v) is 4.62. The van der Waals surface area contributed by atoms with Crippen LogP contribution in [0.15, 0.2) is 0 Å². The van der Waals surface area contributed by atoms with Gasteiger partial charge < -0.3 is 12.3 Å². The van der Waals surface area contributed by atoms with Gasteiger partial charge in [0.15, 0.2) is 0 Å². The Morgan fingerprint density at radius 1 is 0.923 bits per heavy atom. The summed E-state index contributed by atoms with van der Waals surface area (Å²) in [4.78, 5) is 2.58. The zero-order valence-electron chi connectivity index (χ0n) is 7.87. The van der Waals surface area contributed by atoms with E-state index in [2.05, 4.69) is 4.90 Å². The fourth-order valence-corrected chi connectivity index (χ4v) is 1.86. The predicted octanol–water partition coefficient (Wildman–Crippen LogP) is 1.19. The molecule has 3 aliphatic heterocycles. The van der Waals surface area contributed by atoms with Crippen molar-refractivity contribution in [3.8, 4) is 0 Å². The zero-order valence-corrected chi connectivity index (χ0v) is 10.6. The Morgan fingerprint density at radius 2 is 1.23 bits per heavy atom. The molecule has 5 heteroatoms. The summed E-state index contributed by atoms with van der Waals surface area (Å²) in [6.07, 6.45) is 4.46. The van der Waals surface area contributed by atoms with Crippen molar-refractivity contribution in [3.63, 3.8) is 0 Å². The molecule has 0 aliphatic carbocycles. The molecule has 0 aromatic rings. The molecule has 0 atom stereocenters. The molecule has 0 N–H and O–H groups in total. The Labute approximate surface area is 84.5 Å². The van der Waals surface area contributed by atoms with Crippen molar-refractivity contribution < 1.29 is 27.0 Å². The molecule has 2 bridgehead atoms. The summed E-state index contributed by atoms with van der Waals surface area (Å²) in [5, 5.41) is 0. The summed E-state index contributed by atoms with van der Waals surface area (Å²) in [6, 6.07) is 0. The van der Waals surface area contributed by atoms with Crippen molar-refractivity contribution in [1.29, 1.82) is 0 Å². The third-order valence-corrected chi connectivity index (χ3v) is 2.56. The van der Waals surface area contributed by atoms with E-state index in [4.69, 9.17) is 10.4 Å². The summed E-state index contributed by atoms with van der Waals surface area (Å²) < 4.78 is 25.8. The number of nitrogens with zero attached hydrogens (tertiary/aromatic N) is 1. The van der Waals surface area contributed by atoms with E-state index in [9.17, 15) is 0 Å². The molecule has 79 valence electrons. The first-order valence-corrected chi connectivity index (χ1v) is 7.46. The Balaban J connectivity index is 0.000000256. The Kier molecular flexibility index (Phi) is 6.48. The van der Waals surface area contributed by atoms with Crippen LogP contribution in [0.3, 0.4) is 0 Å². The number of piperidine rings is 3. The Bertz CT molecular complexity index is 197. The molecule has 0 spiro atoms. The van der Waals surface area contributed by atoms with Gasteiger partial charge >= 0.3 is 27.0 Å². The molecule has 3 saturated heterocycles. The molecular weight excluding hydrogens is 344 g/mol. The normalized spacial score (nSPS) is 29.5. The van der Waals surface area contributed by atoms with E-state index in [0.717, 1.165) is 5.92 Å². The van der Waals surface area contributed by atoms with E-state index in [1.54, 1.807) is 0 Å². The van der Waals surface area contributed by atoms with Gasteiger partial charge in [-0.3, -0.25) is 0 Å². The van der Waals surface area contributed by atoms with Crippen molar-refractivity contribution >= 4 is 0 Å². The van der Waals surface area contributed by atoms with Crippen molar-refractivity contribution in [2.75, 3.05) is 19.6 Å². The van der Waals surface area contributed by atoms with Gasteiger partial charge in [-0.2, -0.15) is 0 Å². The van der Waals surface area contributed by atoms with Crippen LogP contribution in [0.1, 0.15) is 19.3 Å². The topological polar surface area (TPSA) is 54.5 Å². The molecule has 3 heterocycles. The van der Waals surface area contributed by atoms with Gasteiger partial charge in [0, 0.05) is 0 Å². The second-order valence-electron chi connectivity index (χ2n) is 3.26. The van der Waals surface area contributed by atoms with Crippen LogP contribution < -0.4 is 0 Å². The second kappa shape index (κ2) is 6.47. The molecule has 13 heavy (non-hydrogen) atoms. The van der Waals surface area contributed by atoms with Crippen LogP contribution in [-0.4, -0.2) is 24.5 Å². The monoisotopic (exact) mass is 361 g/mol. The van der Waals surface area contributed by atoms with Crippen LogP contribution in [0.25, 0.3) is 0 Å². The van der Waals surface area contributed by atoms with Crippen LogP contribution >= 0.6 is 0 Å². The van der Waals surface area contributed by atoms with E-state index in [-0.39, 0.29) is 7.43 Å². The first kappa shape index (κ1) is 13.0. The summed E-state index contributed by atoms with van der Waals surface area (Å²) in [5.41, 5.74) is 0. The van der Waals surface area contributed by atoms with Gasteiger partial charge in [-0.05, 0) is 44.8 Å². The van der Waals surface area contributed by atoms with Crippen LogP contribution in [0.2, 0.25) is 0 Å². The Hall–Kier alpha value is 0.0223. The molecule has 3 aliphatic rings. The number of rotatable bonds is 0. The summed E-state index contributed by atoms with van der Waals surface area (Å²) in [6.45, 7) is 4.18. The standard InChI is InChI=1S/C7H13N.CH3.3O.Re/c1-4-8-5-2-7(1)3-6-8;;;;;/h7H,1-6H2;1H3;;;;/q;-1;;;;. The average molecular weight is 360 g/mol. The molecule has 3 fully saturated rings. The first-order chi connectivity index (χ1) is 5.68. The van der Waals surface area contributed by atoms with E-state index in [1.165, 1.54) is 38.9 Å². The molecule has 0 aromatic heterocycles. The molecule has 4 nitrogen and oxygen atoms in total. The SMILES string of the molecule is C1CN2CCC1CC2.[CH3-].[O]=[Re](=[O])=[O].